The molecule has 0 spiro atoms. The molecule has 0 bridgehead atoms. The summed E-state index contributed by atoms with van der Waals surface area (Å²) in [7, 11) is 1.79. The fourth-order valence-electron chi connectivity index (χ4n) is 2.72. The second kappa shape index (κ2) is 7.77. The lowest BCUT2D eigenvalue weighted by atomic mass is 10.1. The van der Waals surface area contributed by atoms with E-state index >= 15 is 0 Å². The number of carbonyl (C=O) groups excluding carboxylic acids is 1. The van der Waals surface area contributed by atoms with Crippen LogP contribution in [-0.4, -0.2) is 27.3 Å². The summed E-state index contributed by atoms with van der Waals surface area (Å²) >= 11 is 0. The van der Waals surface area contributed by atoms with Crippen LogP contribution >= 0.6 is 0 Å². The van der Waals surface area contributed by atoms with Crippen LogP contribution in [-0.2, 0) is 7.05 Å². The Morgan fingerprint density at radius 1 is 1.12 bits per heavy atom. The van der Waals surface area contributed by atoms with Gasteiger partial charge in [0.2, 0.25) is 0 Å². The highest BCUT2D eigenvalue weighted by molar-refractivity contribution is 5.99. The summed E-state index contributed by atoms with van der Waals surface area (Å²) in [5.74, 6) is -0.188. The van der Waals surface area contributed by atoms with E-state index in [0.29, 0.717) is 24.2 Å². The van der Waals surface area contributed by atoms with Gasteiger partial charge >= 0.3 is 0 Å². The van der Waals surface area contributed by atoms with Crippen molar-refractivity contribution < 1.29 is 9.90 Å². The smallest absolute Gasteiger partial charge is 0.255 e. The number of aliphatic hydroxyl groups excluding tert-OH is 1. The number of benzene rings is 2. The van der Waals surface area contributed by atoms with Gasteiger partial charge in [-0.05, 0) is 12.0 Å². The lowest BCUT2D eigenvalue weighted by Gasteiger charge is -2.11. The highest BCUT2D eigenvalue weighted by atomic mass is 16.3. The van der Waals surface area contributed by atoms with Crippen molar-refractivity contribution in [1.29, 1.82) is 0 Å². The summed E-state index contributed by atoms with van der Waals surface area (Å²) < 4.78 is 1.63. The first-order valence-corrected chi connectivity index (χ1v) is 8.25. The third-order valence-electron chi connectivity index (χ3n) is 4.01. The number of hydrogen-bond donors (Lipinski definition) is 2. The highest BCUT2D eigenvalue weighted by Crippen LogP contribution is 2.21. The van der Waals surface area contributed by atoms with Crippen LogP contribution < -0.4 is 5.32 Å². The predicted molar refractivity (Wildman–Crippen MR) is 97.0 cm³/mol. The molecule has 0 aliphatic heterocycles. The van der Waals surface area contributed by atoms with Crippen LogP contribution in [0.4, 0.5) is 0 Å². The van der Waals surface area contributed by atoms with E-state index in [1.165, 1.54) is 0 Å². The first-order chi connectivity index (χ1) is 12.1. The quantitative estimate of drug-likeness (QED) is 0.728. The van der Waals surface area contributed by atoms with Gasteiger partial charge in [0.15, 0.2) is 0 Å². The summed E-state index contributed by atoms with van der Waals surface area (Å²) in [6.45, 7) is 0.387. The largest absolute Gasteiger partial charge is 0.388 e. The van der Waals surface area contributed by atoms with E-state index in [-0.39, 0.29) is 5.91 Å². The van der Waals surface area contributed by atoms with Crippen LogP contribution in [0.3, 0.4) is 0 Å². The summed E-state index contributed by atoms with van der Waals surface area (Å²) in [5, 5.41) is 17.4. The topological polar surface area (TPSA) is 67.2 Å². The maximum atomic E-state index is 12.5. The highest BCUT2D eigenvalue weighted by Gasteiger charge is 2.17. The molecule has 1 atom stereocenters. The molecule has 2 N–H and O–H groups in total. The van der Waals surface area contributed by atoms with Crippen LogP contribution in [0.25, 0.3) is 11.3 Å². The van der Waals surface area contributed by atoms with Gasteiger partial charge in [0, 0.05) is 25.4 Å². The summed E-state index contributed by atoms with van der Waals surface area (Å²) in [6.07, 6.45) is 1.58. The molecule has 5 nitrogen and oxygen atoms in total. The zero-order valence-electron chi connectivity index (χ0n) is 14.1. The molecule has 0 aliphatic carbocycles. The Hall–Kier alpha value is -2.92. The Kier molecular flexibility index (Phi) is 5.26. The molecular formula is C20H21N3O2. The van der Waals surface area contributed by atoms with E-state index in [1.54, 1.807) is 17.9 Å². The molecule has 0 fully saturated rings. The van der Waals surface area contributed by atoms with Gasteiger partial charge in [0.25, 0.3) is 5.91 Å². The van der Waals surface area contributed by atoms with Crippen molar-refractivity contribution in [2.45, 2.75) is 12.5 Å². The predicted octanol–water partition coefficient (Wildman–Crippen LogP) is 2.94. The fraction of sp³-hybridized carbons (Fsp3) is 0.200. The number of nitrogens with zero attached hydrogens (tertiary/aromatic N) is 2. The molecule has 0 aliphatic rings. The molecule has 5 heteroatoms. The molecule has 1 aromatic heterocycles. The summed E-state index contributed by atoms with van der Waals surface area (Å²) in [4.78, 5) is 12.5. The van der Waals surface area contributed by atoms with Crippen molar-refractivity contribution >= 4 is 5.91 Å². The Bertz CT molecular complexity index is 829. The minimum Gasteiger partial charge on any atom is -0.388 e. The molecule has 0 radical (unpaired) electrons. The maximum absolute atomic E-state index is 12.5. The molecule has 128 valence electrons. The van der Waals surface area contributed by atoms with Crippen molar-refractivity contribution in [3.8, 4) is 11.3 Å². The van der Waals surface area contributed by atoms with Crippen molar-refractivity contribution in [2.75, 3.05) is 6.54 Å². The number of amides is 1. The summed E-state index contributed by atoms with van der Waals surface area (Å²) in [6, 6.07) is 19.1. The van der Waals surface area contributed by atoms with E-state index in [0.717, 1.165) is 11.1 Å². The SMILES string of the molecule is Cn1cc(C(=O)NCC[C@@H](O)c2ccccc2)c(-c2ccccc2)n1. The van der Waals surface area contributed by atoms with Gasteiger partial charge in [0.1, 0.15) is 5.69 Å². The lowest BCUT2D eigenvalue weighted by Crippen LogP contribution is -2.25. The molecule has 1 amide bonds. The first-order valence-electron chi connectivity index (χ1n) is 8.25. The van der Waals surface area contributed by atoms with Gasteiger partial charge in [-0.2, -0.15) is 5.10 Å². The molecule has 0 unspecified atom stereocenters. The van der Waals surface area contributed by atoms with Gasteiger partial charge in [-0.3, -0.25) is 9.48 Å². The zero-order chi connectivity index (χ0) is 17.6. The molecule has 25 heavy (non-hydrogen) atoms. The molecule has 2 aromatic carbocycles. The molecule has 3 rings (SSSR count). The number of hydrogen-bond acceptors (Lipinski definition) is 3. The number of nitrogens with one attached hydrogen (secondary N) is 1. The van der Waals surface area contributed by atoms with E-state index in [1.807, 2.05) is 60.7 Å². The van der Waals surface area contributed by atoms with Crippen molar-refractivity contribution in [3.05, 3.63) is 78.0 Å². The van der Waals surface area contributed by atoms with E-state index in [4.69, 9.17) is 0 Å². The van der Waals surface area contributed by atoms with Gasteiger partial charge in [0.05, 0.1) is 11.7 Å². The molecular weight excluding hydrogens is 314 g/mol. The Balaban J connectivity index is 1.64. The van der Waals surface area contributed by atoms with Crippen LogP contribution in [0.5, 0.6) is 0 Å². The molecule has 3 aromatic rings. The van der Waals surface area contributed by atoms with Gasteiger partial charge in [-0.25, -0.2) is 0 Å². The summed E-state index contributed by atoms with van der Waals surface area (Å²) in [5.41, 5.74) is 2.94. The van der Waals surface area contributed by atoms with Crippen LogP contribution in [0.15, 0.2) is 66.9 Å². The number of carbonyl (C=O) groups is 1. The average molecular weight is 335 g/mol. The number of aryl methyl sites for hydroxylation is 1. The third kappa shape index (κ3) is 4.14. The minimum atomic E-state index is -0.594. The number of aliphatic hydroxyl groups is 1. The Morgan fingerprint density at radius 2 is 1.76 bits per heavy atom. The monoisotopic (exact) mass is 335 g/mol. The first kappa shape index (κ1) is 16.9. The minimum absolute atomic E-state index is 0.188. The van der Waals surface area contributed by atoms with Gasteiger partial charge in [-0.1, -0.05) is 60.7 Å². The van der Waals surface area contributed by atoms with Crippen molar-refractivity contribution in [3.63, 3.8) is 0 Å². The van der Waals surface area contributed by atoms with Crippen molar-refractivity contribution in [2.24, 2.45) is 7.05 Å². The number of aromatic nitrogens is 2. The maximum Gasteiger partial charge on any atom is 0.255 e. The van der Waals surface area contributed by atoms with E-state index in [9.17, 15) is 9.90 Å². The van der Waals surface area contributed by atoms with Gasteiger partial charge < -0.3 is 10.4 Å². The standard InChI is InChI=1S/C20H21N3O2/c1-23-14-17(19(22-23)16-10-6-3-7-11-16)20(25)21-13-12-18(24)15-8-4-2-5-9-15/h2-11,14,18,24H,12-13H2,1H3,(H,21,25)/t18-/m1/s1. The molecule has 1 heterocycles. The second-order valence-electron chi connectivity index (χ2n) is 5.90. The van der Waals surface area contributed by atoms with Crippen LogP contribution in [0, 0.1) is 0 Å². The fourth-order valence-corrected chi connectivity index (χ4v) is 2.72. The number of rotatable bonds is 6. The molecule has 0 saturated heterocycles. The average Bonchev–Trinajstić information content (AvgIpc) is 3.05. The van der Waals surface area contributed by atoms with Crippen LogP contribution in [0.2, 0.25) is 0 Å². The third-order valence-corrected chi connectivity index (χ3v) is 4.01. The normalized spacial score (nSPS) is 11.9. The Morgan fingerprint density at radius 3 is 2.44 bits per heavy atom. The zero-order valence-corrected chi connectivity index (χ0v) is 14.1. The van der Waals surface area contributed by atoms with Gasteiger partial charge in [-0.15, -0.1) is 0 Å². The van der Waals surface area contributed by atoms with E-state index < -0.39 is 6.10 Å². The van der Waals surface area contributed by atoms with E-state index in [2.05, 4.69) is 10.4 Å². The Labute approximate surface area is 146 Å². The lowest BCUT2D eigenvalue weighted by molar-refractivity contribution is 0.0943. The van der Waals surface area contributed by atoms with Crippen LogP contribution in [0.1, 0.15) is 28.4 Å². The second-order valence-corrected chi connectivity index (χ2v) is 5.90. The molecule has 0 saturated carbocycles. The van der Waals surface area contributed by atoms with Crippen molar-refractivity contribution in [1.82, 2.24) is 15.1 Å².